The predicted molar refractivity (Wildman–Crippen MR) is 138 cm³/mol. The third kappa shape index (κ3) is 5.64. The SMILES string of the molecule is COC(=O)c1sccc1SNc1cc(NC(=O)c2ccc(-c3ccc(O)cc3)c(C)c2)ccc1F. The summed E-state index contributed by atoms with van der Waals surface area (Å²) in [4.78, 5) is 25.7. The Morgan fingerprint density at radius 1 is 1.03 bits per heavy atom. The maximum atomic E-state index is 14.4. The topological polar surface area (TPSA) is 87.7 Å². The van der Waals surface area contributed by atoms with Crippen LogP contribution in [0.25, 0.3) is 11.1 Å². The molecular formula is C26H21FN2O4S2. The Balaban J connectivity index is 1.47. The average Bonchev–Trinajstić information content (AvgIpc) is 3.33. The third-order valence-electron chi connectivity index (χ3n) is 5.16. The number of carbonyl (C=O) groups is 2. The first-order valence-corrected chi connectivity index (χ1v) is 12.1. The zero-order chi connectivity index (χ0) is 24.9. The van der Waals surface area contributed by atoms with Crippen molar-refractivity contribution in [3.63, 3.8) is 0 Å². The summed E-state index contributed by atoms with van der Waals surface area (Å²) in [6.07, 6.45) is 0. The lowest BCUT2D eigenvalue weighted by atomic mass is 9.98. The van der Waals surface area contributed by atoms with Gasteiger partial charge in [0.2, 0.25) is 0 Å². The summed E-state index contributed by atoms with van der Waals surface area (Å²) in [5.74, 6) is -1.11. The van der Waals surface area contributed by atoms with Crippen molar-refractivity contribution in [2.75, 3.05) is 17.1 Å². The fourth-order valence-electron chi connectivity index (χ4n) is 3.38. The highest BCUT2D eigenvalue weighted by Crippen LogP contribution is 2.31. The third-order valence-corrected chi connectivity index (χ3v) is 7.07. The molecule has 9 heteroatoms. The standard InChI is InChI=1S/C26H21FN2O4S2/c1-15-13-17(5-9-20(15)16-3-7-19(30)8-4-16)25(31)28-18-6-10-21(27)22(14-18)29-35-23-11-12-34-24(23)26(32)33-2/h3-14,29-30H,1-2H3,(H,28,31). The predicted octanol–water partition coefficient (Wildman–Crippen LogP) is 6.73. The molecule has 4 rings (SSSR count). The maximum absolute atomic E-state index is 14.4. The summed E-state index contributed by atoms with van der Waals surface area (Å²) in [7, 11) is 1.30. The quantitative estimate of drug-likeness (QED) is 0.190. The average molecular weight is 509 g/mol. The summed E-state index contributed by atoms with van der Waals surface area (Å²) >= 11 is 2.32. The first kappa shape index (κ1) is 24.3. The lowest BCUT2D eigenvalue weighted by Gasteiger charge is -2.12. The Labute approximate surface area is 209 Å². The van der Waals surface area contributed by atoms with Crippen LogP contribution < -0.4 is 10.0 Å². The molecule has 1 aromatic heterocycles. The lowest BCUT2D eigenvalue weighted by Crippen LogP contribution is -2.12. The number of halogens is 1. The van der Waals surface area contributed by atoms with Gasteiger partial charge in [0.25, 0.3) is 5.91 Å². The number of methoxy groups -OCH3 is 1. The van der Waals surface area contributed by atoms with Crippen molar-refractivity contribution in [1.82, 2.24) is 0 Å². The number of amides is 1. The summed E-state index contributed by atoms with van der Waals surface area (Å²) < 4.78 is 22.0. The number of carbonyl (C=O) groups excluding carboxylic acids is 2. The second-order valence-corrected chi connectivity index (χ2v) is 9.30. The number of hydrogen-bond donors (Lipinski definition) is 3. The Hall–Kier alpha value is -3.82. The van der Waals surface area contributed by atoms with Crippen LogP contribution >= 0.6 is 23.3 Å². The van der Waals surface area contributed by atoms with Crippen LogP contribution in [0.2, 0.25) is 0 Å². The molecule has 3 aromatic carbocycles. The number of rotatable bonds is 7. The Morgan fingerprint density at radius 2 is 1.80 bits per heavy atom. The molecular weight excluding hydrogens is 487 g/mol. The number of phenols is 1. The van der Waals surface area contributed by atoms with Gasteiger partial charge in [0.1, 0.15) is 16.4 Å². The molecule has 0 aliphatic carbocycles. The second-order valence-electron chi connectivity index (χ2n) is 7.54. The van der Waals surface area contributed by atoms with E-state index in [4.69, 9.17) is 4.74 Å². The van der Waals surface area contributed by atoms with Crippen molar-refractivity contribution in [3.8, 4) is 16.9 Å². The van der Waals surface area contributed by atoms with E-state index in [2.05, 4.69) is 10.0 Å². The molecule has 6 nitrogen and oxygen atoms in total. The van der Waals surface area contributed by atoms with E-state index in [1.165, 1.54) is 36.6 Å². The van der Waals surface area contributed by atoms with Gasteiger partial charge in [-0.15, -0.1) is 11.3 Å². The molecule has 1 heterocycles. The number of nitrogens with one attached hydrogen (secondary N) is 2. The molecule has 0 unspecified atom stereocenters. The minimum atomic E-state index is -0.501. The zero-order valence-electron chi connectivity index (χ0n) is 18.8. The van der Waals surface area contributed by atoms with Crippen LogP contribution in [0.5, 0.6) is 5.75 Å². The molecule has 0 spiro atoms. The van der Waals surface area contributed by atoms with Gasteiger partial charge in [-0.3, -0.25) is 4.79 Å². The number of hydrogen-bond acceptors (Lipinski definition) is 7. The normalized spacial score (nSPS) is 10.6. The highest BCUT2D eigenvalue weighted by molar-refractivity contribution is 8.00. The lowest BCUT2D eigenvalue weighted by molar-refractivity contribution is 0.0602. The van der Waals surface area contributed by atoms with E-state index in [9.17, 15) is 19.1 Å². The zero-order valence-corrected chi connectivity index (χ0v) is 20.4. The number of aromatic hydroxyl groups is 1. The first-order chi connectivity index (χ1) is 16.9. The summed E-state index contributed by atoms with van der Waals surface area (Å²) in [5.41, 5.74) is 3.82. The van der Waals surface area contributed by atoms with Gasteiger partial charge in [-0.1, -0.05) is 18.2 Å². The number of ether oxygens (including phenoxy) is 1. The molecule has 178 valence electrons. The van der Waals surface area contributed by atoms with Crippen molar-refractivity contribution >= 4 is 46.5 Å². The number of benzene rings is 3. The molecule has 35 heavy (non-hydrogen) atoms. The molecule has 3 N–H and O–H groups in total. The number of phenolic OH excluding ortho intramolecular Hbond substituents is 1. The van der Waals surface area contributed by atoms with E-state index in [0.717, 1.165) is 28.6 Å². The van der Waals surface area contributed by atoms with Gasteiger partial charge < -0.3 is 19.9 Å². The van der Waals surface area contributed by atoms with Crippen LogP contribution in [-0.2, 0) is 4.74 Å². The van der Waals surface area contributed by atoms with Crippen LogP contribution in [0.15, 0.2) is 77.0 Å². The van der Waals surface area contributed by atoms with Gasteiger partial charge in [0, 0.05) is 11.3 Å². The van der Waals surface area contributed by atoms with Gasteiger partial charge in [-0.2, -0.15) is 0 Å². The van der Waals surface area contributed by atoms with Gasteiger partial charge in [0.05, 0.1) is 17.7 Å². The summed E-state index contributed by atoms with van der Waals surface area (Å²) in [6.45, 7) is 1.91. The van der Waals surface area contributed by atoms with Crippen LogP contribution in [0.4, 0.5) is 15.8 Å². The van der Waals surface area contributed by atoms with Crippen molar-refractivity contribution in [3.05, 3.63) is 93.9 Å². The minimum Gasteiger partial charge on any atom is -0.508 e. The first-order valence-electron chi connectivity index (χ1n) is 10.5. The van der Waals surface area contributed by atoms with Crippen molar-refractivity contribution in [2.45, 2.75) is 11.8 Å². The smallest absolute Gasteiger partial charge is 0.349 e. The molecule has 0 fully saturated rings. The van der Waals surface area contributed by atoms with Crippen LogP contribution in [-0.4, -0.2) is 24.1 Å². The molecule has 0 saturated heterocycles. The van der Waals surface area contributed by atoms with E-state index < -0.39 is 11.8 Å². The number of anilines is 2. The molecule has 0 atom stereocenters. The van der Waals surface area contributed by atoms with E-state index in [1.807, 2.05) is 25.1 Å². The number of esters is 1. The maximum Gasteiger partial charge on any atom is 0.349 e. The van der Waals surface area contributed by atoms with Gasteiger partial charge >= 0.3 is 5.97 Å². The summed E-state index contributed by atoms with van der Waals surface area (Å²) in [5, 5.41) is 14.0. The largest absolute Gasteiger partial charge is 0.508 e. The van der Waals surface area contributed by atoms with Crippen molar-refractivity contribution < 1.29 is 23.8 Å². The molecule has 0 aliphatic heterocycles. The second kappa shape index (κ2) is 10.6. The molecule has 4 aromatic rings. The Bertz CT molecular complexity index is 1390. The van der Waals surface area contributed by atoms with E-state index in [1.54, 1.807) is 35.7 Å². The van der Waals surface area contributed by atoms with Crippen LogP contribution in [0, 0.1) is 12.7 Å². The van der Waals surface area contributed by atoms with Crippen LogP contribution in [0.3, 0.4) is 0 Å². The summed E-state index contributed by atoms with van der Waals surface area (Å²) in [6, 6.07) is 18.2. The molecule has 1 amide bonds. The van der Waals surface area contributed by atoms with E-state index in [-0.39, 0.29) is 17.3 Å². The Kier molecular flexibility index (Phi) is 7.38. The van der Waals surface area contributed by atoms with E-state index in [0.29, 0.717) is 21.0 Å². The van der Waals surface area contributed by atoms with Gasteiger partial charge in [-0.05, 0) is 89.5 Å². The monoisotopic (exact) mass is 508 g/mol. The van der Waals surface area contributed by atoms with Crippen molar-refractivity contribution in [2.24, 2.45) is 0 Å². The fourth-order valence-corrected chi connectivity index (χ4v) is 5.13. The molecule has 0 bridgehead atoms. The van der Waals surface area contributed by atoms with Gasteiger partial charge in [-0.25, -0.2) is 9.18 Å². The van der Waals surface area contributed by atoms with Gasteiger partial charge in [0.15, 0.2) is 0 Å². The molecule has 0 saturated carbocycles. The fraction of sp³-hybridized carbons (Fsp3) is 0.0769. The highest BCUT2D eigenvalue weighted by Gasteiger charge is 2.16. The van der Waals surface area contributed by atoms with Crippen LogP contribution in [0.1, 0.15) is 25.6 Å². The number of thiophene rings is 1. The highest BCUT2D eigenvalue weighted by atomic mass is 32.2. The van der Waals surface area contributed by atoms with E-state index >= 15 is 0 Å². The molecule has 0 radical (unpaired) electrons. The minimum absolute atomic E-state index is 0.161. The Morgan fingerprint density at radius 3 is 2.51 bits per heavy atom. The number of aryl methyl sites for hydroxylation is 1. The van der Waals surface area contributed by atoms with Crippen molar-refractivity contribution in [1.29, 1.82) is 0 Å². The molecule has 0 aliphatic rings.